The number of aromatic nitrogens is 4. The van der Waals surface area contributed by atoms with Crippen LogP contribution in [0.5, 0.6) is 11.5 Å². The third kappa shape index (κ3) is 4.74. The summed E-state index contributed by atoms with van der Waals surface area (Å²) in [5.41, 5.74) is 0.555. The van der Waals surface area contributed by atoms with Crippen molar-refractivity contribution in [2.24, 2.45) is 0 Å². The van der Waals surface area contributed by atoms with Gasteiger partial charge in [0, 0.05) is 17.3 Å². The molecule has 2 aromatic carbocycles. The molecule has 1 N–H and O–H groups in total. The number of methoxy groups -OCH3 is 1. The van der Waals surface area contributed by atoms with Crippen molar-refractivity contribution in [3.8, 4) is 17.2 Å². The van der Waals surface area contributed by atoms with Gasteiger partial charge in [-0.05, 0) is 47.7 Å². The molecule has 0 unspecified atom stereocenters. The number of nitrogens with one attached hydrogen (secondary N) is 1. The average molecular weight is 419 g/mol. The van der Waals surface area contributed by atoms with Gasteiger partial charge in [-0.2, -0.15) is 13.5 Å². The number of alkyl halides is 2. The zero-order valence-corrected chi connectivity index (χ0v) is 15.8. The van der Waals surface area contributed by atoms with E-state index < -0.39 is 18.3 Å². The van der Waals surface area contributed by atoms with Crippen molar-refractivity contribution in [2.75, 3.05) is 12.4 Å². The van der Waals surface area contributed by atoms with Gasteiger partial charge < -0.3 is 14.8 Å². The van der Waals surface area contributed by atoms with Gasteiger partial charge in [0.1, 0.15) is 11.5 Å². The molecule has 0 aliphatic carbocycles. The Balaban J connectivity index is 1.80. The van der Waals surface area contributed by atoms with E-state index in [4.69, 9.17) is 4.74 Å². The number of carbonyl (C=O) groups excluding carboxylic acids is 1. The normalized spacial score (nSPS) is 11.1. The van der Waals surface area contributed by atoms with Crippen molar-refractivity contribution in [3.05, 3.63) is 59.7 Å². The summed E-state index contributed by atoms with van der Waals surface area (Å²) in [5.74, 6) is -0.895. The molecule has 3 aromatic rings. The molecular weight excluding hydrogens is 403 g/mol. The first-order chi connectivity index (χ1) is 14.4. The van der Waals surface area contributed by atoms with Crippen LogP contribution in [0.15, 0.2) is 42.5 Å². The summed E-state index contributed by atoms with van der Waals surface area (Å²) in [4.78, 5) is 12.3. The first kappa shape index (κ1) is 20.8. The molecule has 11 heteroatoms. The number of benzene rings is 2. The Morgan fingerprint density at radius 1 is 1.27 bits per heavy atom. The van der Waals surface area contributed by atoms with Gasteiger partial charge in [0.05, 0.1) is 7.11 Å². The number of anilines is 1. The second-order valence-electron chi connectivity index (χ2n) is 5.88. The van der Waals surface area contributed by atoms with E-state index in [2.05, 4.69) is 25.6 Å². The number of tetrazole rings is 1. The van der Waals surface area contributed by atoms with Crippen molar-refractivity contribution in [1.82, 2.24) is 20.2 Å². The Morgan fingerprint density at radius 2 is 2.07 bits per heavy atom. The van der Waals surface area contributed by atoms with Crippen LogP contribution in [-0.2, 0) is 4.79 Å². The van der Waals surface area contributed by atoms with E-state index in [-0.39, 0.29) is 28.4 Å². The highest BCUT2D eigenvalue weighted by Gasteiger charge is 2.14. The van der Waals surface area contributed by atoms with Crippen LogP contribution in [0.4, 0.5) is 18.9 Å². The quantitative estimate of drug-likeness (QED) is 0.591. The highest BCUT2D eigenvalue weighted by molar-refractivity contribution is 6.02. The van der Waals surface area contributed by atoms with Gasteiger partial charge in [-0.25, -0.2) is 4.39 Å². The maximum Gasteiger partial charge on any atom is 0.387 e. The van der Waals surface area contributed by atoms with Gasteiger partial charge in [0.25, 0.3) is 0 Å². The maximum atomic E-state index is 14.1. The number of para-hydroxylation sites is 1. The highest BCUT2D eigenvalue weighted by atomic mass is 19.3. The third-order valence-electron chi connectivity index (χ3n) is 3.92. The predicted octanol–water partition coefficient (Wildman–Crippen LogP) is 3.37. The monoisotopic (exact) mass is 419 g/mol. The van der Waals surface area contributed by atoms with Crippen LogP contribution < -0.4 is 14.8 Å². The maximum absolute atomic E-state index is 14.1. The molecule has 1 aromatic heterocycles. The zero-order chi connectivity index (χ0) is 21.7. The van der Waals surface area contributed by atoms with Crippen molar-refractivity contribution in [1.29, 1.82) is 0 Å². The molecule has 0 fully saturated rings. The fraction of sp³-hybridized carbons (Fsp3) is 0.158. The van der Waals surface area contributed by atoms with E-state index in [9.17, 15) is 18.0 Å². The van der Waals surface area contributed by atoms with Gasteiger partial charge in [0.2, 0.25) is 5.91 Å². The summed E-state index contributed by atoms with van der Waals surface area (Å²) >= 11 is 0. The van der Waals surface area contributed by atoms with Crippen molar-refractivity contribution >= 4 is 17.7 Å². The smallest absolute Gasteiger partial charge is 0.387 e. The van der Waals surface area contributed by atoms with Crippen LogP contribution in [0.1, 0.15) is 11.4 Å². The molecule has 1 amide bonds. The van der Waals surface area contributed by atoms with E-state index in [0.29, 0.717) is 5.82 Å². The van der Waals surface area contributed by atoms with Gasteiger partial charge in [-0.15, -0.1) is 5.10 Å². The molecule has 156 valence electrons. The van der Waals surface area contributed by atoms with E-state index in [0.717, 1.165) is 12.1 Å². The lowest BCUT2D eigenvalue weighted by Crippen LogP contribution is -2.10. The standard InChI is InChI=1S/C19H16F3N5O3/c1-11-24-25-26-27(11)15-10-13(7-8-14(15)20)23-17(28)9-6-12-4-3-5-16(29-2)18(12)30-19(21)22/h3-10,19H,1-2H3,(H,23,28)/b9-6+. The number of hydrogen-bond acceptors (Lipinski definition) is 6. The van der Waals surface area contributed by atoms with Gasteiger partial charge in [0.15, 0.2) is 17.3 Å². The predicted molar refractivity (Wildman–Crippen MR) is 101 cm³/mol. The van der Waals surface area contributed by atoms with Crippen LogP contribution in [-0.4, -0.2) is 39.8 Å². The van der Waals surface area contributed by atoms with Crippen LogP contribution >= 0.6 is 0 Å². The van der Waals surface area contributed by atoms with Crippen molar-refractivity contribution in [2.45, 2.75) is 13.5 Å². The Bertz CT molecular complexity index is 1090. The summed E-state index contributed by atoms with van der Waals surface area (Å²) < 4.78 is 50.2. The first-order valence-corrected chi connectivity index (χ1v) is 8.55. The molecule has 0 atom stereocenters. The Kier molecular flexibility index (Phi) is 6.30. The number of amides is 1. The van der Waals surface area contributed by atoms with E-state index >= 15 is 0 Å². The van der Waals surface area contributed by atoms with Crippen LogP contribution in [0.25, 0.3) is 11.8 Å². The number of aryl methyl sites for hydroxylation is 1. The lowest BCUT2D eigenvalue weighted by Gasteiger charge is -2.12. The molecule has 0 spiro atoms. The first-order valence-electron chi connectivity index (χ1n) is 8.55. The highest BCUT2D eigenvalue weighted by Crippen LogP contribution is 2.33. The lowest BCUT2D eigenvalue weighted by molar-refractivity contribution is -0.111. The minimum absolute atomic E-state index is 0.0553. The number of nitrogens with zero attached hydrogens (tertiary/aromatic N) is 4. The number of carbonyl (C=O) groups is 1. The Hall–Kier alpha value is -3.89. The zero-order valence-electron chi connectivity index (χ0n) is 15.8. The fourth-order valence-electron chi connectivity index (χ4n) is 2.60. The molecule has 0 saturated heterocycles. The Labute approximate surface area is 168 Å². The molecule has 0 radical (unpaired) electrons. The van der Waals surface area contributed by atoms with Crippen molar-refractivity contribution < 1.29 is 27.4 Å². The summed E-state index contributed by atoms with van der Waals surface area (Å²) in [6.45, 7) is -1.46. The van der Waals surface area contributed by atoms with Crippen LogP contribution in [0.2, 0.25) is 0 Å². The summed E-state index contributed by atoms with van der Waals surface area (Å²) in [7, 11) is 1.31. The van der Waals surface area contributed by atoms with Gasteiger partial charge in [-0.1, -0.05) is 12.1 Å². The molecule has 0 aliphatic heterocycles. The topological polar surface area (TPSA) is 91.2 Å². The molecule has 0 aliphatic rings. The average Bonchev–Trinajstić information content (AvgIpc) is 3.14. The number of hydrogen-bond donors (Lipinski definition) is 1. The molecular formula is C19H16F3N5O3. The molecule has 8 nitrogen and oxygen atoms in total. The van der Waals surface area contributed by atoms with Crippen LogP contribution in [0, 0.1) is 12.7 Å². The second-order valence-corrected chi connectivity index (χ2v) is 5.88. The van der Waals surface area contributed by atoms with Crippen molar-refractivity contribution in [3.63, 3.8) is 0 Å². The molecule has 30 heavy (non-hydrogen) atoms. The van der Waals surface area contributed by atoms with E-state index in [1.165, 1.54) is 42.1 Å². The van der Waals surface area contributed by atoms with E-state index in [1.54, 1.807) is 13.0 Å². The largest absolute Gasteiger partial charge is 0.493 e. The summed E-state index contributed by atoms with van der Waals surface area (Å²) in [5, 5.41) is 13.4. The SMILES string of the molecule is COc1cccc(/C=C/C(=O)Nc2ccc(F)c(-n3nnnc3C)c2)c1OC(F)F. The van der Waals surface area contributed by atoms with Gasteiger partial charge in [-0.3, -0.25) is 4.79 Å². The Morgan fingerprint density at radius 3 is 2.73 bits per heavy atom. The third-order valence-corrected chi connectivity index (χ3v) is 3.92. The lowest BCUT2D eigenvalue weighted by atomic mass is 10.1. The van der Waals surface area contributed by atoms with Gasteiger partial charge >= 0.3 is 6.61 Å². The van der Waals surface area contributed by atoms with Crippen LogP contribution in [0.3, 0.4) is 0 Å². The van der Waals surface area contributed by atoms with E-state index in [1.807, 2.05) is 0 Å². The number of rotatable bonds is 7. The minimum atomic E-state index is -3.06. The molecule has 1 heterocycles. The number of halogens is 3. The second kappa shape index (κ2) is 9.07. The molecule has 0 saturated carbocycles. The minimum Gasteiger partial charge on any atom is -0.493 e. The number of ether oxygens (including phenoxy) is 2. The fourth-order valence-corrected chi connectivity index (χ4v) is 2.60. The molecule has 3 rings (SSSR count). The molecule has 0 bridgehead atoms. The summed E-state index contributed by atoms with van der Waals surface area (Å²) in [6, 6.07) is 8.39. The summed E-state index contributed by atoms with van der Waals surface area (Å²) in [6.07, 6.45) is 2.42.